The molecule has 0 aromatic heterocycles. The van der Waals surface area contributed by atoms with Gasteiger partial charge >= 0.3 is 0 Å². The van der Waals surface area contributed by atoms with Crippen molar-refractivity contribution in [2.24, 2.45) is 0 Å². The van der Waals surface area contributed by atoms with Crippen LogP contribution in [0.3, 0.4) is 0 Å². The van der Waals surface area contributed by atoms with Gasteiger partial charge < -0.3 is 0 Å². The Balaban J connectivity index is 2.32. The van der Waals surface area contributed by atoms with Gasteiger partial charge in [-0.3, -0.25) is 0 Å². The van der Waals surface area contributed by atoms with Crippen LogP contribution in [0.2, 0.25) is 0 Å². The Bertz CT molecular complexity index is 713. The van der Waals surface area contributed by atoms with Crippen LogP contribution in [0, 0.1) is 20.8 Å². The van der Waals surface area contributed by atoms with E-state index in [2.05, 4.69) is 74.0 Å². The molecule has 0 amide bonds. The fourth-order valence-electron chi connectivity index (χ4n) is 3.40. The van der Waals surface area contributed by atoms with Crippen LogP contribution in [0.5, 0.6) is 0 Å². The molecule has 0 N–H and O–H groups in total. The second-order valence-corrected chi connectivity index (χ2v) is 6.88. The zero-order valence-corrected chi connectivity index (χ0v) is 14.1. The average molecular weight is 327 g/mol. The van der Waals surface area contributed by atoms with E-state index in [1.54, 1.807) is 0 Å². The molecule has 1 aliphatic carbocycles. The third kappa shape index (κ3) is 2.25. The van der Waals surface area contributed by atoms with Crippen molar-refractivity contribution in [1.29, 1.82) is 0 Å². The van der Waals surface area contributed by atoms with Crippen LogP contribution in [0.4, 0.5) is 0 Å². The lowest BCUT2D eigenvalue weighted by atomic mass is 9.90. The van der Waals surface area contributed by atoms with E-state index in [0.717, 1.165) is 6.42 Å². The fraction of sp³-hybridized carbons (Fsp3) is 0.263. The van der Waals surface area contributed by atoms with Gasteiger partial charge in [0.1, 0.15) is 0 Å². The van der Waals surface area contributed by atoms with Gasteiger partial charge in [-0.25, -0.2) is 0 Å². The summed E-state index contributed by atoms with van der Waals surface area (Å²) in [5.74, 6) is 0. The molecule has 1 aliphatic rings. The van der Waals surface area contributed by atoms with Crippen molar-refractivity contribution in [3.05, 3.63) is 62.1 Å². The molecular weight excluding hydrogens is 308 g/mol. The third-order valence-electron chi connectivity index (χ3n) is 4.04. The molecule has 0 heterocycles. The molecule has 0 atom stereocenters. The lowest BCUT2D eigenvalue weighted by Crippen LogP contribution is -1.94. The smallest absolute Gasteiger partial charge is 0.0184 e. The highest BCUT2D eigenvalue weighted by Crippen LogP contribution is 2.39. The topological polar surface area (TPSA) is 0 Å². The van der Waals surface area contributed by atoms with Crippen LogP contribution >= 0.6 is 15.9 Å². The first-order chi connectivity index (χ1) is 9.45. The Labute approximate surface area is 129 Å². The molecule has 0 saturated carbocycles. The van der Waals surface area contributed by atoms with E-state index in [4.69, 9.17) is 0 Å². The molecule has 0 spiro atoms. The lowest BCUT2D eigenvalue weighted by Gasteiger charge is -2.15. The number of fused-ring (bicyclic) bond motifs is 1. The SMILES string of the molecule is CC1=Cc2c(cc(Br)cc2-c2c(C)cc(C)cc2C)C1. The first-order valence-electron chi connectivity index (χ1n) is 7.03. The summed E-state index contributed by atoms with van der Waals surface area (Å²) in [5, 5.41) is 0. The van der Waals surface area contributed by atoms with Gasteiger partial charge in [-0.2, -0.15) is 0 Å². The number of allylic oxidation sites excluding steroid dienone is 1. The van der Waals surface area contributed by atoms with E-state index < -0.39 is 0 Å². The van der Waals surface area contributed by atoms with Crippen LogP contribution in [0.25, 0.3) is 17.2 Å². The second kappa shape index (κ2) is 4.89. The molecule has 0 nitrogen and oxygen atoms in total. The summed E-state index contributed by atoms with van der Waals surface area (Å²) < 4.78 is 1.17. The van der Waals surface area contributed by atoms with Crippen molar-refractivity contribution >= 4 is 22.0 Å². The minimum atomic E-state index is 1.08. The van der Waals surface area contributed by atoms with Gasteiger partial charge in [0.15, 0.2) is 0 Å². The highest BCUT2D eigenvalue weighted by molar-refractivity contribution is 9.10. The Hall–Kier alpha value is -1.34. The molecule has 0 saturated heterocycles. The molecule has 0 bridgehead atoms. The first kappa shape index (κ1) is 13.6. The lowest BCUT2D eigenvalue weighted by molar-refractivity contribution is 1.19. The van der Waals surface area contributed by atoms with Crippen LogP contribution in [0.15, 0.2) is 34.3 Å². The summed E-state index contributed by atoms with van der Waals surface area (Å²) in [6.45, 7) is 8.81. The largest absolute Gasteiger partial charge is 0.0683 e. The van der Waals surface area contributed by atoms with E-state index in [9.17, 15) is 0 Å². The number of hydrogen-bond acceptors (Lipinski definition) is 0. The van der Waals surface area contributed by atoms with Gasteiger partial charge in [-0.05, 0) is 79.6 Å². The van der Waals surface area contributed by atoms with Crippen LogP contribution in [-0.2, 0) is 6.42 Å². The predicted octanol–water partition coefficient (Wildman–Crippen LogP) is 6.00. The van der Waals surface area contributed by atoms with Crippen molar-refractivity contribution < 1.29 is 0 Å². The molecule has 0 aliphatic heterocycles. The van der Waals surface area contributed by atoms with Crippen molar-refractivity contribution in [3.63, 3.8) is 0 Å². The number of rotatable bonds is 1. The molecule has 2 aromatic carbocycles. The Morgan fingerprint density at radius 1 is 0.900 bits per heavy atom. The van der Waals surface area contributed by atoms with Gasteiger partial charge in [0.2, 0.25) is 0 Å². The number of hydrogen-bond donors (Lipinski definition) is 0. The van der Waals surface area contributed by atoms with Crippen molar-refractivity contribution in [2.45, 2.75) is 34.1 Å². The molecule has 1 heteroatoms. The van der Waals surface area contributed by atoms with E-state index >= 15 is 0 Å². The number of benzene rings is 2. The second-order valence-electron chi connectivity index (χ2n) is 5.97. The maximum Gasteiger partial charge on any atom is 0.0184 e. The van der Waals surface area contributed by atoms with Crippen LogP contribution < -0.4 is 0 Å². The third-order valence-corrected chi connectivity index (χ3v) is 4.49. The van der Waals surface area contributed by atoms with Gasteiger partial charge in [-0.1, -0.05) is 45.3 Å². The van der Waals surface area contributed by atoms with E-state index in [-0.39, 0.29) is 0 Å². The minimum Gasteiger partial charge on any atom is -0.0683 e. The van der Waals surface area contributed by atoms with Crippen LogP contribution in [0.1, 0.15) is 34.7 Å². The predicted molar refractivity (Wildman–Crippen MR) is 91.1 cm³/mol. The van der Waals surface area contributed by atoms with Crippen LogP contribution in [-0.4, -0.2) is 0 Å². The molecule has 102 valence electrons. The zero-order valence-electron chi connectivity index (χ0n) is 12.5. The van der Waals surface area contributed by atoms with Gasteiger partial charge in [0, 0.05) is 4.47 Å². The van der Waals surface area contributed by atoms with E-state index in [1.807, 2.05) is 0 Å². The summed E-state index contributed by atoms with van der Waals surface area (Å²) in [6, 6.07) is 9.07. The number of halogens is 1. The first-order valence-corrected chi connectivity index (χ1v) is 7.83. The highest BCUT2D eigenvalue weighted by atomic mass is 79.9. The molecule has 3 rings (SSSR count). The Morgan fingerprint density at radius 2 is 1.55 bits per heavy atom. The summed E-state index contributed by atoms with van der Waals surface area (Å²) in [5.41, 5.74) is 11.1. The van der Waals surface area contributed by atoms with Crippen molar-refractivity contribution in [3.8, 4) is 11.1 Å². The summed E-state index contributed by atoms with van der Waals surface area (Å²) in [4.78, 5) is 0. The normalized spacial score (nSPS) is 13.3. The van der Waals surface area contributed by atoms with Crippen molar-refractivity contribution in [1.82, 2.24) is 0 Å². The minimum absolute atomic E-state index is 1.08. The number of aryl methyl sites for hydroxylation is 3. The van der Waals surface area contributed by atoms with Gasteiger partial charge in [-0.15, -0.1) is 0 Å². The Kier molecular flexibility index (Phi) is 3.33. The van der Waals surface area contributed by atoms with E-state index in [1.165, 1.54) is 49.0 Å². The molecule has 0 radical (unpaired) electrons. The maximum atomic E-state index is 3.67. The van der Waals surface area contributed by atoms with Crippen molar-refractivity contribution in [2.75, 3.05) is 0 Å². The molecular formula is C19H19Br. The highest BCUT2D eigenvalue weighted by Gasteiger charge is 2.18. The molecule has 0 unspecified atom stereocenters. The maximum absolute atomic E-state index is 3.67. The van der Waals surface area contributed by atoms with Gasteiger partial charge in [0.25, 0.3) is 0 Å². The summed E-state index contributed by atoms with van der Waals surface area (Å²) in [6.07, 6.45) is 3.42. The zero-order chi connectivity index (χ0) is 14.4. The molecule has 2 aromatic rings. The monoisotopic (exact) mass is 326 g/mol. The molecule has 20 heavy (non-hydrogen) atoms. The fourth-order valence-corrected chi connectivity index (χ4v) is 3.91. The van der Waals surface area contributed by atoms with Gasteiger partial charge in [0.05, 0.1) is 0 Å². The van der Waals surface area contributed by atoms with E-state index in [0.29, 0.717) is 0 Å². The quantitative estimate of drug-likeness (QED) is 0.602. The summed E-state index contributed by atoms with van der Waals surface area (Å²) in [7, 11) is 0. The average Bonchev–Trinajstić information content (AvgIpc) is 2.67. The molecule has 0 fully saturated rings. The summed E-state index contributed by atoms with van der Waals surface area (Å²) >= 11 is 3.67. The standard InChI is InChI=1S/C19H19Br/c1-11-5-13(3)19(14(4)6-11)18-10-16(20)9-15-7-12(2)8-17(15)18/h5-6,8-10H,7H2,1-4H3. The Morgan fingerprint density at radius 3 is 2.20 bits per heavy atom.